The third-order valence-electron chi connectivity index (χ3n) is 4.82. The van der Waals surface area contributed by atoms with Crippen LogP contribution in [0.25, 0.3) is 0 Å². The molecule has 21 heavy (non-hydrogen) atoms. The van der Waals surface area contributed by atoms with Gasteiger partial charge in [0.05, 0.1) is 16.3 Å². The molecule has 6 heteroatoms. The monoisotopic (exact) mass is 329 g/mol. The summed E-state index contributed by atoms with van der Waals surface area (Å²) in [6, 6.07) is 0. The van der Waals surface area contributed by atoms with Crippen LogP contribution in [0.5, 0.6) is 0 Å². The normalized spacial score (nSPS) is 23.6. The van der Waals surface area contributed by atoms with E-state index in [9.17, 15) is 4.79 Å². The molecule has 0 radical (unpaired) electrons. The molecule has 0 aromatic heterocycles. The van der Waals surface area contributed by atoms with Crippen LogP contribution in [0, 0.1) is 0 Å². The zero-order valence-corrected chi connectivity index (χ0v) is 14.6. The lowest BCUT2D eigenvalue weighted by Gasteiger charge is -2.40. The maximum atomic E-state index is 12.4. The molecular weight excluding hydrogens is 302 g/mol. The molecule has 2 N–H and O–H groups in total. The fourth-order valence-corrected chi connectivity index (χ4v) is 4.48. The van der Waals surface area contributed by atoms with Crippen LogP contribution in [0.2, 0.25) is 0 Å². The first-order valence-corrected chi connectivity index (χ1v) is 9.56. The van der Waals surface area contributed by atoms with Gasteiger partial charge in [-0.15, -0.1) is 0 Å². The minimum atomic E-state index is -0.0581. The van der Waals surface area contributed by atoms with Crippen LogP contribution in [-0.2, 0) is 4.79 Å². The van der Waals surface area contributed by atoms with Crippen molar-refractivity contribution in [3.05, 3.63) is 0 Å². The largest absolute Gasteiger partial charge is 0.392 e. The van der Waals surface area contributed by atoms with Gasteiger partial charge in [0, 0.05) is 26.2 Å². The van der Waals surface area contributed by atoms with Gasteiger partial charge in [0.25, 0.3) is 0 Å². The number of hydrogen-bond donors (Lipinski definition) is 1. The molecule has 1 amide bonds. The molecule has 2 rings (SSSR count). The lowest BCUT2D eigenvalue weighted by molar-refractivity contribution is -0.132. The number of rotatable bonds is 4. The van der Waals surface area contributed by atoms with Gasteiger partial charge in [0.2, 0.25) is 5.91 Å². The average Bonchev–Trinajstić information content (AvgIpc) is 2.77. The van der Waals surface area contributed by atoms with Crippen molar-refractivity contribution >= 4 is 34.9 Å². The molecule has 120 valence electrons. The van der Waals surface area contributed by atoms with Gasteiger partial charge in [0.1, 0.15) is 0 Å². The molecule has 2 saturated heterocycles. The van der Waals surface area contributed by atoms with Crippen LogP contribution in [0.4, 0.5) is 0 Å². The first-order valence-electron chi connectivity index (χ1n) is 7.92. The summed E-state index contributed by atoms with van der Waals surface area (Å²) < 4.78 is -0.0581. The SMILES string of the molecule is CSC1(C(N)=S)CCN(CC(=O)N2CCCCCC2)CC1. The number of nitrogens with zero attached hydrogens (tertiary/aromatic N) is 2. The van der Waals surface area contributed by atoms with E-state index in [-0.39, 0.29) is 4.75 Å². The Labute approximate surface area is 137 Å². The summed E-state index contributed by atoms with van der Waals surface area (Å²) in [4.78, 5) is 17.3. The molecule has 2 aliphatic rings. The van der Waals surface area contributed by atoms with Crippen LogP contribution >= 0.6 is 24.0 Å². The van der Waals surface area contributed by atoms with Crippen molar-refractivity contribution in [1.82, 2.24) is 9.80 Å². The van der Waals surface area contributed by atoms with Gasteiger partial charge in [0.15, 0.2) is 0 Å². The summed E-state index contributed by atoms with van der Waals surface area (Å²) in [5, 5.41) is 0. The van der Waals surface area contributed by atoms with Gasteiger partial charge in [-0.3, -0.25) is 9.69 Å². The highest BCUT2D eigenvalue weighted by Gasteiger charge is 2.37. The molecule has 0 aromatic carbocycles. The minimum Gasteiger partial charge on any atom is -0.392 e. The smallest absolute Gasteiger partial charge is 0.236 e. The average molecular weight is 330 g/mol. The molecule has 0 saturated carbocycles. The van der Waals surface area contributed by atoms with Crippen LogP contribution in [0.1, 0.15) is 38.5 Å². The molecule has 0 aromatic rings. The van der Waals surface area contributed by atoms with E-state index in [2.05, 4.69) is 16.1 Å². The molecule has 0 bridgehead atoms. The predicted octanol–water partition coefficient (Wildman–Crippen LogP) is 1.87. The third kappa shape index (κ3) is 4.33. The fourth-order valence-electron chi connectivity index (χ4n) is 3.23. The van der Waals surface area contributed by atoms with Crippen molar-refractivity contribution in [2.45, 2.75) is 43.3 Å². The Bertz CT molecular complexity index is 373. The van der Waals surface area contributed by atoms with Gasteiger partial charge >= 0.3 is 0 Å². The number of thiocarbonyl (C=S) groups is 1. The predicted molar refractivity (Wildman–Crippen MR) is 93.8 cm³/mol. The Balaban J connectivity index is 1.82. The van der Waals surface area contributed by atoms with E-state index in [0.29, 0.717) is 17.4 Å². The molecular formula is C15H27N3OS2. The lowest BCUT2D eigenvalue weighted by atomic mass is 9.95. The standard InChI is InChI=1S/C15H27N3OS2/c1-21-15(14(16)20)6-10-17(11-7-15)12-13(19)18-8-4-2-3-5-9-18/h2-12H2,1H3,(H2,16,20). The maximum absolute atomic E-state index is 12.4. The first-order chi connectivity index (χ1) is 10.1. The van der Waals surface area contributed by atoms with Crippen molar-refractivity contribution in [2.24, 2.45) is 5.73 Å². The number of hydrogen-bond acceptors (Lipinski definition) is 4. The number of likely N-dealkylation sites (tertiary alicyclic amines) is 2. The highest BCUT2D eigenvalue weighted by atomic mass is 32.2. The minimum absolute atomic E-state index is 0.0581. The van der Waals surface area contributed by atoms with E-state index in [1.54, 1.807) is 11.8 Å². The van der Waals surface area contributed by atoms with Crippen molar-refractivity contribution in [3.63, 3.8) is 0 Å². The second-order valence-corrected chi connectivity index (χ2v) is 7.76. The van der Waals surface area contributed by atoms with Crippen LogP contribution in [0.15, 0.2) is 0 Å². The summed E-state index contributed by atoms with van der Waals surface area (Å²) in [6.07, 6.45) is 8.83. The van der Waals surface area contributed by atoms with E-state index >= 15 is 0 Å². The van der Waals surface area contributed by atoms with Gasteiger partial charge in [-0.1, -0.05) is 25.1 Å². The number of piperidine rings is 1. The van der Waals surface area contributed by atoms with E-state index in [4.69, 9.17) is 18.0 Å². The zero-order chi connectivity index (χ0) is 15.3. The Kier molecular flexibility index (Phi) is 6.32. The Morgan fingerprint density at radius 1 is 1.14 bits per heavy atom. The fraction of sp³-hybridized carbons (Fsp3) is 0.867. The van der Waals surface area contributed by atoms with Crippen LogP contribution < -0.4 is 5.73 Å². The quantitative estimate of drug-likeness (QED) is 0.798. The third-order valence-corrected chi connectivity index (χ3v) is 6.75. The molecule has 2 heterocycles. The molecule has 0 atom stereocenters. The van der Waals surface area contributed by atoms with Crippen molar-refractivity contribution in [2.75, 3.05) is 39.0 Å². The van der Waals surface area contributed by atoms with Gasteiger partial charge in [-0.2, -0.15) is 11.8 Å². The molecule has 4 nitrogen and oxygen atoms in total. The molecule has 2 aliphatic heterocycles. The number of nitrogens with two attached hydrogens (primary N) is 1. The summed E-state index contributed by atoms with van der Waals surface area (Å²) >= 11 is 7.00. The number of amides is 1. The van der Waals surface area contributed by atoms with E-state index < -0.39 is 0 Å². The summed E-state index contributed by atoms with van der Waals surface area (Å²) in [5.74, 6) is 0.295. The summed E-state index contributed by atoms with van der Waals surface area (Å²) in [7, 11) is 0. The van der Waals surface area contributed by atoms with Crippen molar-refractivity contribution in [1.29, 1.82) is 0 Å². The topological polar surface area (TPSA) is 49.6 Å². The van der Waals surface area contributed by atoms with Crippen LogP contribution in [0.3, 0.4) is 0 Å². The van der Waals surface area contributed by atoms with Gasteiger partial charge in [-0.25, -0.2) is 0 Å². The number of thioether (sulfide) groups is 1. The van der Waals surface area contributed by atoms with Gasteiger partial charge in [-0.05, 0) is 31.9 Å². The van der Waals surface area contributed by atoms with Crippen LogP contribution in [-0.4, -0.2) is 64.4 Å². The van der Waals surface area contributed by atoms with E-state index in [1.165, 1.54) is 12.8 Å². The number of carbonyl (C=O) groups excluding carboxylic acids is 1. The number of carbonyl (C=O) groups is 1. The molecule has 0 unspecified atom stereocenters. The van der Waals surface area contributed by atoms with Crippen molar-refractivity contribution < 1.29 is 4.79 Å². The van der Waals surface area contributed by atoms with E-state index in [0.717, 1.165) is 51.9 Å². The molecule has 0 aliphatic carbocycles. The summed E-state index contributed by atoms with van der Waals surface area (Å²) in [6.45, 7) is 4.26. The lowest BCUT2D eigenvalue weighted by Crippen LogP contribution is -2.51. The molecule has 2 fully saturated rings. The van der Waals surface area contributed by atoms with E-state index in [1.807, 2.05) is 0 Å². The second kappa shape index (κ2) is 7.79. The van der Waals surface area contributed by atoms with Gasteiger partial charge < -0.3 is 10.6 Å². The molecule has 0 spiro atoms. The zero-order valence-electron chi connectivity index (χ0n) is 13.0. The Morgan fingerprint density at radius 2 is 1.71 bits per heavy atom. The summed E-state index contributed by atoms with van der Waals surface area (Å²) in [5.41, 5.74) is 5.91. The highest BCUT2D eigenvalue weighted by molar-refractivity contribution is 8.02. The highest BCUT2D eigenvalue weighted by Crippen LogP contribution is 2.34. The first kappa shape index (κ1) is 17.0. The van der Waals surface area contributed by atoms with Crippen molar-refractivity contribution in [3.8, 4) is 0 Å². The Morgan fingerprint density at radius 3 is 2.19 bits per heavy atom. The second-order valence-electron chi connectivity index (χ2n) is 6.13. The maximum Gasteiger partial charge on any atom is 0.236 e. The Hall–Kier alpha value is -0.330.